The summed E-state index contributed by atoms with van der Waals surface area (Å²) in [5.74, 6) is 1.13. The predicted molar refractivity (Wildman–Crippen MR) is 87.2 cm³/mol. The van der Waals surface area contributed by atoms with Crippen LogP contribution in [0.1, 0.15) is 5.69 Å². The predicted octanol–water partition coefficient (Wildman–Crippen LogP) is 4.26. The molecule has 0 aliphatic heterocycles. The van der Waals surface area contributed by atoms with Crippen LogP contribution in [0.4, 0.5) is 0 Å². The van der Waals surface area contributed by atoms with E-state index < -0.39 is 0 Å². The number of benzene rings is 1. The third kappa shape index (κ3) is 2.90. The van der Waals surface area contributed by atoms with Crippen LogP contribution < -0.4 is 10.1 Å². The van der Waals surface area contributed by atoms with Crippen molar-refractivity contribution < 1.29 is 4.74 Å². The highest BCUT2D eigenvalue weighted by atomic mass is 79.9. The van der Waals surface area contributed by atoms with Crippen LogP contribution >= 0.6 is 27.5 Å². The summed E-state index contributed by atoms with van der Waals surface area (Å²) < 4.78 is 8.83. The van der Waals surface area contributed by atoms with Crippen molar-refractivity contribution >= 4 is 33.2 Å². The molecule has 0 atom stereocenters. The number of hydrogen-bond donors (Lipinski definition) is 1. The second-order valence-corrected chi connectivity index (χ2v) is 5.82. The fourth-order valence-corrected chi connectivity index (χ4v) is 2.59. The van der Waals surface area contributed by atoms with Crippen molar-refractivity contribution in [1.29, 1.82) is 0 Å². The molecule has 0 radical (unpaired) electrons. The van der Waals surface area contributed by atoms with Gasteiger partial charge in [0.2, 0.25) is 5.88 Å². The van der Waals surface area contributed by atoms with Gasteiger partial charge in [0.1, 0.15) is 17.1 Å². The van der Waals surface area contributed by atoms with Crippen molar-refractivity contribution in [2.75, 3.05) is 7.05 Å². The average molecular weight is 367 g/mol. The van der Waals surface area contributed by atoms with E-state index in [1.165, 1.54) is 0 Å². The molecule has 0 saturated heterocycles. The molecule has 21 heavy (non-hydrogen) atoms. The number of halogens is 2. The van der Waals surface area contributed by atoms with E-state index >= 15 is 0 Å². The molecular formula is C15H13BrClN3O. The molecule has 0 unspecified atom stereocenters. The van der Waals surface area contributed by atoms with Gasteiger partial charge in [-0.3, -0.25) is 4.40 Å². The molecule has 4 nitrogen and oxygen atoms in total. The maximum absolute atomic E-state index is 6.18. The summed E-state index contributed by atoms with van der Waals surface area (Å²) in [6.45, 7) is 0.645. The number of hydrogen-bond acceptors (Lipinski definition) is 3. The van der Waals surface area contributed by atoms with Gasteiger partial charge in [-0.1, -0.05) is 33.6 Å². The minimum absolute atomic E-state index is 0.547. The monoisotopic (exact) mass is 365 g/mol. The Morgan fingerprint density at radius 1 is 1.33 bits per heavy atom. The van der Waals surface area contributed by atoms with Crippen LogP contribution in [0, 0.1) is 0 Å². The normalized spacial score (nSPS) is 11.0. The molecule has 108 valence electrons. The zero-order chi connectivity index (χ0) is 14.8. The van der Waals surface area contributed by atoms with E-state index in [1.807, 2.05) is 48.0 Å². The average Bonchev–Trinajstić information content (AvgIpc) is 2.81. The molecule has 3 aromatic rings. The number of pyridine rings is 1. The third-order valence-corrected chi connectivity index (χ3v) is 3.84. The number of nitrogens with zero attached hydrogens (tertiary/aromatic N) is 2. The van der Waals surface area contributed by atoms with Crippen LogP contribution in [0.25, 0.3) is 5.65 Å². The number of aromatic nitrogens is 2. The number of fused-ring (bicyclic) bond motifs is 1. The molecule has 0 spiro atoms. The summed E-state index contributed by atoms with van der Waals surface area (Å²) in [7, 11) is 1.89. The minimum Gasteiger partial charge on any atom is -0.436 e. The van der Waals surface area contributed by atoms with Crippen molar-refractivity contribution in [2.45, 2.75) is 6.54 Å². The van der Waals surface area contributed by atoms with Crippen molar-refractivity contribution in [1.82, 2.24) is 14.7 Å². The van der Waals surface area contributed by atoms with Gasteiger partial charge in [-0.05, 0) is 37.4 Å². The largest absolute Gasteiger partial charge is 0.436 e. The Hall–Kier alpha value is -1.56. The van der Waals surface area contributed by atoms with E-state index in [1.54, 1.807) is 6.07 Å². The van der Waals surface area contributed by atoms with Crippen LogP contribution in [0.5, 0.6) is 11.6 Å². The van der Waals surface area contributed by atoms with Crippen LogP contribution in [0.15, 0.2) is 47.1 Å². The maximum atomic E-state index is 6.18. The van der Waals surface area contributed by atoms with Gasteiger partial charge in [0.05, 0.1) is 5.02 Å². The summed E-state index contributed by atoms with van der Waals surface area (Å²) in [6, 6.07) is 11.3. The van der Waals surface area contributed by atoms with E-state index in [2.05, 4.69) is 26.2 Å². The van der Waals surface area contributed by atoms with Gasteiger partial charge >= 0.3 is 0 Å². The Morgan fingerprint density at radius 2 is 2.19 bits per heavy atom. The molecule has 1 N–H and O–H groups in total. The first-order chi connectivity index (χ1) is 10.2. The molecule has 2 aromatic heterocycles. The summed E-state index contributed by atoms with van der Waals surface area (Å²) in [4.78, 5) is 4.52. The molecular weight excluding hydrogens is 354 g/mol. The van der Waals surface area contributed by atoms with Gasteiger partial charge in [0, 0.05) is 17.2 Å². The Kier molecular flexibility index (Phi) is 4.14. The first-order valence-electron chi connectivity index (χ1n) is 6.42. The van der Waals surface area contributed by atoms with Gasteiger partial charge in [0.25, 0.3) is 0 Å². The van der Waals surface area contributed by atoms with Gasteiger partial charge < -0.3 is 10.1 Å². The molecule has 3 rings (SSSR count). The number of rotatable bonds is 4. The van der Waals surface area contributed by atoms with Crippen LogP contribution in [0.2, 0.25) is 5.02 Å². The number of nitrogens with one attached hydrogen (secondary N) is 1. The molecule has 2 heterocycles. The highest BCUT2D eigenvalue weighted by Gasteiger charge is 2.14. The van der Waals surface area contributed by atoms with Gasteiger partial charge in [-0.25, -0.2) is 0 Å². The quantitative estimate of drug-likeness (QED) is 0.750. The van der Waals surface area contributed by atoms with E-state index in [0.29, 0.717) is 23.2 Å². The molecule has 0 aliphatic carbocycles. The molecule has 1 aromatic carbocycles. The number of imidazole rings is 1. The first kappa shape index (κ1) is 14.4. The molecule has 0 amide bonds. The number of ether oxygens (including phenoxy) is 1. The lowest BCUT2D eigenvalue weighted by molar-refractivity contribution is 0.457. The van der Waals surface area contributed by atoms with E-state index in [4.69, 9.17) is 16.3 Å². The van der Waals surface area contributed by atoms with Gasteiger partial charge in [-0.15, -0.1) is 0 Å². The van der Waals surface area contributed by atoms with Crippen LogP contribution in [-0.4, -0.2) is 16.4 Å². The summed E-state index contributed by atoms with van der Waals surface area (Å²) in [5.41, 5.74) is 1.79. The van der Waals surface area contributed by atoms with E-state index in [9.17, 15) is 0 Å². The summed E-state index contributed by atoms with van der Waals surface area (Å²) >= 11 is 9.60. The van der Waals surface area contributed by atoms with Crippen molar-refractivity contribution in [2.24, 2.45) is 0 Å². The Bertz CT molecular complexity index is 788. The fraction of sp³-hybridized carbons (Fsp3) is 0.133. The zero-order valence-corrected chi connectivity index (χ0v) is 13.6. The maximum Gasteiger partial charge on any atom is 0.242 e. The third-order valence-electron chi connectivity index (χ3n) is 3.04. The van der Waals surface area contributed by atoms with E-state index in [0.717, 1.165) is 15.8 Å². The second kappa shape index (κ2) is 6.05. The topological polar surface area (TPSA) is 38.6 Å². The minimum atomic E-state index is 0.547. The van der Waals surface area contributed by atoms with Crippen LogP contribution in [0.3, 0.4) is 0 Å². The molecule has 0 aliphatic rings. The molecule has 6 heteroatoms. The van der Waals surface area contributed by atoms with Crippen molar-refractivity contribution in [3.8, 4) is 11.6 Å². The standard InChI is InChI=1S/C15H13BrClN3O/c1-18-9-12-15(19-14-4-2-3-7-20(12)14)21-13-8-10(16)5-6-11(13)17/h2-8,18H,9H2,1H3. The van der Waals surface area contributed by atoms with Gasteiger partial charge in [-0.2, -0.15) is 4.98 Å². The lowest BCUT2D eigenvalue weighted by Gasteiger charge is -2.08. The smallest absolute Gasteiger partial charge is 0.242 e. The molecule has 0 saturated carbocycles. The summed E-state index contributed by atoms with van der Waals surface area (Å²) in [6.07, 6.45) is 1.96. The first-order valence-corrected chi connectivity index (χ1v) is 7.59. The SMILES string of the molecule is CNCc1c(Oc2cc(Br)ccc2Cl)nc2ccccn12. The van der Waals surface area contributed by atoms with Gasteiger partial charge in [0.15, 0.2) is 0 Å². The lowest BCUT2D eigenvalue weighted by Crippen LogP contribution is -2.08. The Balaban J connectivity index is 2.07. The Morgan fingerprint density at radius 3 is 3.00 bits per heavy atom. The van der Waals surface area contributed by atoms with E-state index in [-0.39, 0.29) is 0 Å². The lowest BCUT2D eigenvalue weighted by atomic mass is 10.3. The molecule has 0 bridgehead atoms. The van der Waals surface area contributed by atoms with Crippen molar-refractivity contribution in [3.05, 3.63) is 57.8 Å². The zero-order valence-electron chi connectivity index (χ0n) is 11.3. The van der Waals surface area contributed by atoms with Crippen LogP contribution in [-0.2, 0) is 6.54 Å². The summed E-state index contributed by atoms with van der Waals surface area (Å²) in [5, 5.41) is 3.68. The fourth-order valence-electron chi connectivity index (χ4n) is 2.09. The van der Waals surface area contributed by atoms with Crippen molar-refractivity contribution in [3.63, 3.8) is 0 Å². The highest BCUT2D eigenvalue weighted by molar-refractivity contribution is 9.10. The highest BCUT2D eigenvalue weighted by Crippen LogP contribution is 2.33. The second-order valence-electron chi connectivity index (χ2n) is 4.50. The molecule has 0 fully saturated rings. The Labute approximate surface area is 135 Å².